The van der Waals surface area contributed by atoms with Crippen molar-refractivity contribution in [2.24, 2.45) is 7.05 Å². The summed E-state index contributed by atoms with van der Waals surface area (Å²) < 4.78 is 4.41. The minimum atomic E-state index is -1.75. The van der Waals surface area contributed by atoms with E-state index in [1.54, 1.807) is 0 Å². The maximum Gasteiger partial charge on any atom is 0.243 e. The molecule has 0 bridgehead atoms. The van der Waals surface area contributed by atoms with Crippen LogP contribution in [0, 0.1) is 15.3 Å². The van der Waals surface area contributed by atoms with Crippen molar-refractivity contribution in [2.75, 3.05) is 0 Å². The van der Waals surface area contributed by atoms with Crippen LogP contribution in [-0.4, -0.2) is 9.65 Å². The van der Waals surface area contributed by atoms with Crippen LogP contribution in [0.5, 0.6) is 0 Å². The Bertz CT molecular complexity index is 460. The van der Waals surface area contributed by atoms with Gasteiger partial charge in [0.1, 0.15) is 12.4 Å². The first-order chi connectivity index (χ1) is 13.6. The molecule has 1 aromatic heterocycles. The fourth-order valence-corrected chi connectivity index (χ4v) is 3.48. The molecule has 164 valence electrons. The van der Waals surface area contributed by atoms with Gasteiger partial charge in [0, 0.05) is 0 Å². The molecule has 0 radical (unpaired) electrons. The molecule has 1 rings (SSSR count). The number of aryl methyl sites for hydroxylation is 2. The van der Waals surface area contributed by atoms with E-state index in [0.29, 0.717) is 0 Å². The molecule has 0 aliphatic heterocycles. The lowest BCUT2D eigenvalue weighted by atomic mass is 10.0. The van der Waals surface area contributed by atoms with Crippen molar-refractivity contribution < 1.29 is 9.65 Å². The van der Waals surface area contributed by atoms with E-state index in [9.17, 15) is 0 Å². The Morgan fingerprint density at radius 2 is 1.11 bits per heavy atom. The van der Waals surface area contributed by atoms with Crippen molar-refractivity contribution in [3.05, 3.63) is 34.0 Å². The molecule has 0 saturated heterocycles. The van der Waals surface area contributed by atoms with E-state index in [2.05, 4.69) is 41.8 Å². The Hall–Kier alpha value is -1.59. The molecule has 1 aromatic rings. The third-order valence-corrected chi connectivity index (χ3v) is 5.09. The molecule has 0 fully saturated rings. The zero-order chi connectivity index (χ0) is 20.9. The first kappa shape index (κ1) is 26.4. The molecule has 6 nitrogen and oxygen atoms in total. The fraction of sp³-hybridized carbons (Fsp3) is 0.864. The molecule has 1 heterocycles. The van der Waals surface area contributed by atoms with Gasteiger partial charge in [0.15, 0.2) is 0 Å². The van der Waals surface area contributed by atoms with Gasteiger partial charge in [-0.25, -0.2) is 9.13 Å². The molecule has 0 spiro atoms. The van der Waals surface area contributed by atoms with Crippen LogP contribution in [0.15, 0.2) is 18.7 Å². The molecular formula is C22H43N3O3. The molecule has 6 heteroatoms. The molecule has 0 saturated carbocycles. The smallest absolute Gasteiger partial charge is 0.243 e. The molecule has 0 N–H and O–H groups in total. The Balaban J connectivity index is 0.00000165. The van der Waals surface area contributed by atoms with Crippen molar-refractivity contribution in [3.63, 3.8) is 0 Å². The largest absolute Gasteiger partial charge is 0.356 e. The van der Waals surface area contributed by atoms with Gasteiger partial charge in [-0.15, -0.1) is 0 Å². The third-order valence-electron chi connectivity index (χ3n) is 5.09. The first-order valence-corrected chi connectivity index (χ1v) is 11.4. The molecular weight excluding hydrogens is 354 g/mol. The molecule has 28 heavy (non-hydrogen) atoms. The van der Waals surface area contributed by atoms with Gasteiger partial charge in [-0.3, -0.25) is 0 Å². The van der Waals surface area contributed by atoms with E-state index < -0.39 is 5.09 Å². The van der Waals surface area contributed by atoms with Crippen molar-refractivity contribution in [1.82, 2.24) is 4.57 Å². The predicted molar refractivity (Wildman–Crippen MR) is 116 cm³/mol. The summed E-state index contributed by atoms with van der Waals surface area (Å²) in [6.45, 7) is 3.48. The van der Waals surface area contributed by atoms with Gasteiger partial charge >= 0.3 is 0 Å². The second-order valence-corrected chi connectivity index (χ2v) is 7.84. The van der Waals surface area contributed by atoms with Gasteiger partial charge in [0.2, 0.25) is 6.33 Å². The maximum absolute atomic E-state index is 8.25. The minimum Gasteiger partial charge on any atom is -0.356 e. The average Bonchev–Trinajstić information content (AvgIpc) is 3.06. The lowest BCUT2D eigenvalue weighted by Crippen LogP contribution is -2.23. The first-order valence-electron chi connectivity index (χ1n) is 11.4. The summed E-state index contributed by atoms with van der Waals surface area (Å²) in [4.78, 5) is 8.25. The second-order valence-electron chi connectivity index (χ2n) is 7.84. The molecule has 0 amide bonds. The van der Waals surface area contributed by atoms with Crippen LogP contribution in [0.25, 0.3) is 0 Å². The van der Waals surface area contributed by atoms with Crippen molar-refractivity contribution in [3.8, 4) is 0 Å². The number of imidazole rings is 1. The van der Waals surface area contributed by atoms with Crippen LogP contribution < -0.4 is 4.57 Å². The normalized spacial score (nSPS) is 10.5. The van der Waals surface area contributed by atoms with Crippen LogP contribution in [0.3, 0.4) is 0 Å². The molecule has 0 aliphatic rings. The Morgan fingerprint density at radius 3 is 1.43 bits per heavy atom. The predicted octanol–water partition coefficient (Wildman–Crippen LogP) is 6.34. The monoisotopic (exact) mass is 397 g/mol. The van der Waals surface area contributed by atoms with Crippen LogP contribution in [-0.2, 0) is 13.6 Å². The second kappa shape index (κ2) is 20.2. The molecule has 0 unspecified atom stereocenters. The van der Waals surface area contributed by atoms with Crippen molar-refractivity contribution >= 4 is 0 Å². The highest BCUT2D eigenvalue weighted by atomic mass is 16.9. The van der Waals surface area contributed by atoms with E-state index in [0.717, 1.165) is 0 Å². The van der Waals surface area contributed by atoms with E-state index in [1.165, 1.54) is 109 Å². The van der Waals surface area contributed by atoms with Crippen LogP contribution >= 0.6 is 0 Å². The highest BCUT2D eigenvalue weighted by Gasteiger charge is 1.99. The summed E-state index contributed by atoms with van der Waals surface area (Å²) in [5, 5.41) is 14.8. The summed E-state index contributed by atoms with van der Waals surface area (Å²) in [7, 11) is 2.09. The fourth-order valence-electron chi connectivity index (χ4n) is 3.48. The maximum atomic E-state index is 8.25. The van der Waals surface area contributed by atoms with Gasteiger partial charge in [-0.2, -0.15) is 0 Å². The van der Waals surface area contributed by atoms with E-state index in [-0.39, 0.29) is 0 Å². The van der Waals surface area contributed by atoms with E-state index in [1.807, 2.05) is 0 Å². The zero-order valence-corrected chi connectivity index (χ0v) is 18.3. The Morgan fingerprint density at radius 1 is 0.750 bits per heavy atom. The number of nitrogens with zero attached hydrogens (tertiary/aromatic N) is 3. The lowest BCUT2D eigenvalue weighted by Gasteiger charge is -2.03. The van der Waals surface area contributed by atoms with E-state index >= 15 is 0 Å². The van der Waals surface area contributed by atoms with Crippen LogP contribution in [0.1, 0.15) is 110 Å². The van der Waals surface area contributed by atoms with Crippen LogP contribution in [0.4, 0.5) is 0 Å². The van der Waals surface area contributed by atoms with Crippen molar-refractivity contribution in [2.45, 2.75) is 116 Å². The summed E-state index contributed by atoms with van der Waals surface area (Å²) in [6.07, 6.45) is 29.5. The van der Waals surface area contributed by atoms with Crippen LogP contribution in [0.2, 0.25) is 0 Å². The minimum absolute atomic E-state index is 1.18. The summed E-state index contributed by atoms with van der Waals surface area (Å²) in [6, 6.07) is 0. The molecule has 0 aliphatic carbocycles. The summed E-state index contributed by atoms with van der Waals surface area (Å²) >= 11 is 0. The van der Waals surface area contributed by atoms with Gasteiger partial charge < -0.3 is 15.3 Å². The highest BCUT2D eigenvalue weighted by molar-refractivity contribution is 4.65. The number of hydrogen-bond acceptors (Lipinski definition) is 3. The van der Waals surface area contributed by atoms with E-state index in [4.69, 9.17) is 15.3 Å². The lowest BCUT2D eigenvalue weighted by molar-refractivity contribution is -0.671. The number of unbranched alkanes of at least 4 members (excludes halogenated alkanes) is 15. The van der Waals surface area contributed by atoms with Gasteiger partial charge in [0.05, 0.1) is 18.7 Å². The number of aromatic nitrogens is 2. The Kier molecular flexibility index (Phi) is 19.0. The molecule has 0 atom stereocenters. The van der Waals surface area contributed by atoms with Gasteiger partial charge in [0.25, 0.3) is 0 Å². The number of rotatable bonds is 17. The topological polar surface area (TPSA) is 75.0 Å². The standard InChI is InChI=1S/C22H43N2.NO3/c1-3-4-5-6-7-8-9-10-11-12-13-14-15-16-17-18-19-24-21-20-23(2)22-24;2-1(3)4/h20-22H,3-19H2,1-2H3;/q+1;-1. The quantitative estimate of drug-likeness (QED) is 0.133. The van der Waals surface area contributed by atoms with Gasteiger partial charge in [-0.1, -0.05) is 96.8 Å². The van der Waals surface area contributed by atoms with Crippen molar-refractivity contribution in [1.29, 1.82) is 0 Å². The van der Waals surface area contributed by atoms with Gasteiger partial charge in [-0.05, 0) is 12.8 Å². The highest BCUT2D eigenvalue weighted by Crippen LogP contribution is 2.13. The number of hydrogen-bond donors (Lipinski definition) is 0. The Labute approximate surface area is 172 Å². The third kappa shape index (κ3) is 20.7. The zero-order valence-electron chi connectivity index (χ0n) is 18.3. The molecule has 0 aromatic carbocycles. The average molecular weight is 398 g/mol. The summed E-state index contributed by atoms with van der Waals surface area (Å²) in [5.74, 6) is 0. The summed E-state index contributed by atoms with van der Waals surface area (Å²) in [5.41, 5.74) is 0. The SMILES string of the molecule is CCCCCCCCCCCCCCCCCCn1cc[n+](C)c1.O=[N+]([O-])[O-].